The summed E-state index contributed by atoms with van der Waals surface area (Å²) in [5.74, 6) is -5.31. The molecule has 0 aromatic carbocycles. The van der Waals surface area contributed by atoms with Crippen LogP contribution in [0.3, 0.4) is 0 Å². The number of nitrogens with two attached hydrogens (primary N) is 1. The lowest BCUT2D eigenvalue weighted by molar-refractivity contribution is -0.162. The molecule has 0 radical (unpaired) electrons. The van der Waals surface area contributed by atoms with Crippen LogP contribution in [-0.2, 0) is 47.8 Å². The predicted molar refractivity (Wildman–Crippen MR) is 206 cm³/mol. The Bertz CT molecular complexity index is 1390. The quantitative estimate of drug-likeness (QED) is 0.0840. The van der Waals surface area contributed by atoms with Gasteiger partial charge in [0.2, 0.25) is 35.3 Å². The predicted octanol–water partition coefficient (Wildman–Crippen LogP) is 2.09. The van der Waals surface area contributed by atoms with E-state index < -0.39 is 90.3 Å². The van der Waals surface area contributed by atoms with Crippen molar-refractivity contribution >= 4 is 47.2 Å². The fraction of sp³-hybridized carbons (Fsp3) is 0.800. The third kappa shape index (κ3) is 15.1. The van der Waals surface area contributed by atoms with E-state index >= 15 is 0 Å². The number of esters is 1. The molecule has 0 aromatic heterocycles. The molecule has 16 nitrogen and oxygen atoms in total. The Balaban J connectivity index is 1.78. The van der Waals surface area contributed by atoms with Gasteiger partial charge in [-0.3, -0.25) is 33.6 Å². The molecule has 16 heteroatoms. The normalized spacial score (nSPS) is 20.7. The van der Waals surface area contributed by atoms with Crippen molar-refractivity contribution in [3.8, 4) is 0 Å². The zero-order valence-electron chi connectivity index (χ0n) is 34.1. The molecule has 3 rings (SSSR count). The van der Waals surface area contributed by atoms with E-state index in [2.05, 4.69) is 21.3 Å². The molecule has 5 atom stereocenters. The molecule has 2 aliphatic carbocycles. The van der Waals surface area contributed by atoms with Crippen molar-refractivity contribution < 1.29 is 47.8 Å². The number of nitrogens with zero attached hydrogens (tertiary/aromatic N) is 1. The number of primary amides is 1. The maximum absolute atomic E-state index is 14.6. The number of nitrogens with one attached hydrogen (secondary N) is 4. The summed E-state index contributed by atoms with van der Waals surface area (Å²) in [6, 6.07) is -4.21. The molecular weight excluding hydrogens is 724 g/mol. The van der Waals surface area contributed by atoms with E-state index in [9.17, 15) is 38.4 Å². The minimum Gasteiger partial charge on any atom is -0.458 e. The van der Waals surface area contributed by atoms with E-state index in [0.717, 1.165) is 64.2 Å². The number of Topliss-reactive ketones (excluding diaryl/α,β-unsaturated/α-hetero) is 1. The van der Waals surface area contributed by atoms with Crippen molar-refractivity contribution in [3.63, 3.8) is 0 Å². The van der Waals surface area contributed by atoms with E-state index in [-0.39, 0.29) is 37.1 Å². The van der Waals surface area contributed by atoms with E-state index in [4.69, 9.17) is 15.2 Å². The Morgan fingerprint density at radius 1 is 0.804 bits per heavy atom. The largest absolute Gasteiger partial charge is 0.458 e. The number of likely N-dealkylation sites (tertiary alicyclic amines) is 1. The second kappa shape index (κ2) is 22.6. The average molecular weight is 791 g/mol. The molecular formula is C40H66N6O10. The van der Waals surface area contributed by atoms with Gasteiger partial charge in [-0.05, 0) is 71.1 Å². The summed E-state index contributed by atoms with van der Waals surface area (Å²) in [6.45, 7) is 7.82. The smallest absolute Gasteiger partial charge is 0.332 e. The molecule has 3 fully saturated rings. The number of carbonyl (C=O) groups is 8. The van der Waals surface area contributed by atoms with Crippen LogP contribution in [-0.4, -0.2) is 108 Å². The van der Waals surface area contributed by atoms with Crippen molar-refractivity contribution in [2.45, 2.75) is 173 Å². The molecule has 1 aliphatic heterocycles. The number of rotatable bonds is 21. The van der Waals surface area contributed by atoms with Crippen LogP contribution in [0.25, 0.3) is 0 Å². The average Bonchev–Trinajstić information content (AvgIpc) is 3.83. The lowest BCUT2D eigenvalue weighted by Crippen LogP contribution is -2.58. The first-order chi connectivity index (χ1) is 26.5. The van der Waals surface area contributed by atoms with Crippen LogP contribution in [0.1, 0.15) is 137 Å². The molecule has 1 heterocycles. The monoisotopic (exact) mass is 790 g/mol. The molecule has 6 amide bonds. The summed E-state index contributed by atoms with van der Waals surface area (Å²) < 4.78 is 11.3. The fourth-order valence-corrected chi connectivity index (χ4v) is 7.87. The van der Waals surface area contributed by atoms with Crippen LogP contribution in [0, 0.1) is 11.8 Å². The van der Waals surface area contributed by atoms with Crippen molar-refractivity contribution in [1.82, 2.24) is 26.2 Å². The molecule has 0 spiro atoms. The first-order valence-corrected chi connectivity index (χ1v) is 20.7. The standard InChI is InChI=1S/C40H66N6O10/c1-6-8-19-29(36(41)51)43-32(48)22-42-38(53)35(50)28(14-7-2)44-37(52)30-21-27(55-24-33(49)56-40(3,4)5)23-46(30)39(54)34(26-17-10-9-11-18-26)45-31(47)20-25-15-12-13-16-25/h25-30,34H,6-24H2,1-5H3,(H2,41,51)(H,42,53)(H,43,48)(H,44,52)(H,45,47)/t27-,28?,29?,30+,34?/m1/s1. The van der Waals surface area contributed by atoms with Crippen LogP contribution >= 0.6 is 0 Å². The molecule has 3 aliphatic rings. The van der Waals surface area contributed by atoms with Gasteiger partial charge in [0, 0.05) is 19.4 Å². The van der Waals surface area contributed by atoms with E-state index in [1.807, 2.05) is 6.92 Å². The number of hydrogen-bond acceptors (Lipinski definition) is 10. The van der Waals surface area contributed by atoms with Crippen molar-refractivity contribution in [2.75, 3.05) is 19.7 Å². The highest BCUT2D eigenvalue weighted by atomic mass is 16.6. The molecule has 56 heavy (non-hydrogen) atoms. The summed E-state index contributed by atoms with van der Waals surface area (Å²) >= 11 is 0. The van der Waals surface area contributed by atoms with Crippen molar-refractivity contribution in [2.24, 2.45) is 17.6 Å². The van der Waals surface area contributed by atoms with Gasteiger partial charge < -0.3 is 41.4 Å². The van der Waals surface area contributed by atoms with Gasteiger partial charge in [-0.15, -0.1) is 0 Å². The first kappa shape index (κ1) is 46.3. The second-order valence-electron chi connectivity index (χ2n) is 16.6. The van der Waals surface area contributed by atoms with Gasteiger partial charge in [-0.2, -0.15) is 0 Å². The first-order valence-electron chi connectivity index (χ1n) is 20.7. The Kier molecular flexibility index (Phi) is 18.7. The van der Waals surface area contributed by atoms with Crippen molar-refractivity contribution in [3.05, 3.63) is 0 Å². The number of ketones is 1. The van der Waals surface area contributed by atoms with Gasteiger partial charge in [0.05, 0.1) is 18.7 Å². The van der Waals surface area contributed by atoms with Crippen LogP contribution in [0.2, 0.25) is 0 Å². The summed E-state index contributed by atoms with van der Waals surface area (Å²) in [5.41, 5.74) is 4.64. The Morgan fingerprint density at radius 2 is 1.46 bits per heavy atom. The van der Waals surface area contributed by atoms with Crippen LogP contribution in [0.5, 0.6) is 0 Å². The molecule has 316 valence electrons. The number of amides is 6. The van der Waals surface area contributed by atoms with Gasteiger partial charge >= 0.3 is 5.97 Å². The zero-order valence-corrected chi connectivity index (χ0v) is 34.1. The highest BCUT2D eigenvalue weighted by Crippen LogP contribution is 2.31. The molecule has 0 bridgehead atoms. The van der Waals surface area contributed by atoms with Gasteiger partial charge in [-0.25, -0.2) is 4.79 Å². The molecule has 3 unspecified atom stereocenters. The summed E-state index contributed by atoms with van der Waals surface area (Å²) in [6.07, 6.45) is 10.3. The molecule has 0 aromatic rings. The Morgan fingerprint density at radius 3 is 2.07 bits per heavy atom. The van der Waals surface area contributed by atoms with Gasteiger partial charge in [0.1, 0.15) is 30.3 Å². The fourth-order valence-electron chi connectivity index (χ4n) is 7.87. The van der Waals surface area contributed by atoms with Crippen LogP contribution < -0.4 is 27.0 Å². The topological polar surface area (TPSA) is 232 Å². The summed E-state index contributed by atoms with van der Waals surface area (Å²) in [7, 11) is 0. The van der Waals surface area contributed by atoms with Crippen LogP contribution in [0.4, 0.5) is 0 Å². The molecule has 2 saturated carbocycles. The number of ether oxygens (including phenoxy) is 2. The van der Waals surface area contributed by atoms with E-state index in [0.29, 0.717) is 25.7 Å². The van der Waals surface area contributed by atoms with Crippen LogP contribution in [0.15, 0.2) is 0 Å². The summed E-state index contributed by atoms with van der Waals surface area (Å²) in [5, 5.41) is 10.4. The minimum absolute atomic E-state index is 0.00770. The lowest BCUT2D eigenvalue weighted by Gasteiger charge is -2.35. The Hall–Kier alpha value is -4.08. The maximum atomic E-state index is 14.6. The maximum Gasteiger partial charge on any atom is 0.332 e. The third-order valence-corrected chi connectivity index (χ3v) is 10.7. The highest BCUT2D eigenvalue weighted by molar-refractivity contribution is 6.38. The van der Waals surface area contributed by atoms with Gasteiger partial charge in [-0.1, -0.05) is 65.2 Å². The van der Waals surface area contributed by atoms with E-state index in [1.54, 1.807) is 27.7 Å². The lowest BCUT2D eigenvalue weighted by atomic mass is 9.83. The van der Waals surface area contributed by atoms with E-state index in [1.165, 1.54) is 4.90 Å². The SMILES string of the molecule is CCCCC(NC(=O)CNC(=O)C(=O)C(CCC)NC(=O)[C@@H]1C[C@@H](OCC(=O)OC(C)(C)C)CN1C(=O)C(NC(=O)CC1CCCC1)C1CCCCC1)C(N)=O. The number of hydrogen-bond donors (Lipinski definition) is 5. The molecule has 1 saturated heterocycles. The number of carbonyl (C=O) groups excluding carboxylic acids is 8. The van der Waals surface area contributed by atoms with Gasteiger partial charge in [0.15, 0.2) is 0 Å². The van der Waals surface area contributed by atoms with Crippen molar-refractivity contribution in [1.29, 1.82) is 0 Å². The zero-order chi connectivity index (χ0) is 41.4. The highest BCUT2D eigenvalue weighted by Gasteiger charge is 2.45. The molecule has 6 N–H and O–H groups in total. The summed E-state index contributed by atoms with van der Waals surface area (Å²) in [4.78, 5) is 107. The third-order valence-electron chi connectivity index (χ3n) is 10.7. The number of unbranched alkanes of at least 4 members (excludes halogenated alkanes) is 1. The Labute approximate surface area is 331 Å². The van der Waals surface area contributed by atoms with Gasteiger partial charge in [0.25, 0.3) is 5.91 Å². The second-order valence-corrected chi connectivity index (χ2v) is 16.6. The minimum atomic E-state index is -1.28.